The highest BCUT2D eigenvalue weighted by molar-refractivity contribution is 5.42. The fourth-order valence-corrected chi connectivity index (χ4v) is 1.76. The molecule has 0 aromatic carbocycles. The summed E-state index contributed by atoms with van der Waals surface area (Å²) >= 11 is 0. The largest absolute Gasteiger partial charge is 0.389 e. The molecule has 0 bridgehead atoms. The summed E-state index contributed by atoms with van der Waals surface area (Å²) in [6, 6.07) is 3.83. The number of aliphatic hydroxyl groups excluding tert-OH is 1. The summed E-state index contributed by atoms with van der Waals surface area (Å²) in [5, 5.41) is 12.8. The maximum absolute atomic E-state index is 9.49. The van der Waals surface area contributed by atoms with Gasteiger partial charge in [0.25, 0.3) is 0 Å². The molecule has 1 aliphatic rings. The molecule has 1 saturated heterocycles. The summed E-state index contributed by atoms with van der Waals surface area (Å²) in [5.41, 5.74) is 0.929. The Hall–Kier alpha value is -1.13. The second-order valence-corrected chi connectivity index (χ2v) is 3.86. The van der Waals surface area contributed by atoms with Crippen molar-refractivity contribution < 1.29 is 5.11 Å². The molecule has 2 heterocycles. The van der Waals surface area contributed by atoms with E-state index < -0.39 is 6.10 Å². The Labute approximate surface area is 89.9 Å². The first-order chi connectivity index (χ1) is 7.27. The van der Waals surface area contributed by atoms with Crippen LogP contribution in [-0.2, 0) is 0 Å². The van der Waals surface area contributed by atoms with E-state index >= 15 is 0 Å². The van der Waals surface area contributed by atoms with E-state index in [0.717, 1.165) is 37.6 Å². The smallest absolute Gasteiger partial charge is 0.128 e. The van der Waals surface area contributed by atoms with E-state index in [1.165, 1.54) is 0 Å². The molecule has 1 atom stereocenters. The first-order valence-corrected chi connectivity index (χ1v) is 5.37. The Balaban J connectivity index is 2.16. The zero-order chi connectivity index (χ0) is 10.7. The van der Waals surface area contributed by atoms with Gasteiger partial charge in [0.05, 0.1) is 6.10 Å². The molecule has 4 heteroatoms. The fourth-order valence-electron chi connectivity index (χ4n) is 1.76. The van der Waals surface area contributed by atoms with Gasteiger partial charge in [0.2, 0.25) is 0 Å². The summed E-state index contributed by atoms with van der Waals surface area (Å²) < 4.78 is 0. The highest BCUT2D eigenvalue weighted by Gasteiger charge is 2.12. The van der Waals surface area contributed by atoms with Gasteiger partial charge in [-0.2, -0.15) is 0 Å². The molecule has 1 unspecified atom stereocenters. The van der Waals surface area contributed by atoms with Gasteiger partial charge in [-0.15, -0.1) is 0 Å². The van der Waals surface area contributed by atoms with E-state index in [-0.39, 0.29) is 0 Å². The minimum absolute atomic E-state index is 0.422. The predicted molar refractivity (Wildman–Crippen MR) is 60.0 cm³/mol. The van der Waals surface area contributed by atoms with E-state index in [9.17, 15) is 5.11 Å². The van der Waals surface area contributed by atoms with Gasteiger partial charge in [0.15, 0.2) is 0 Å². The number of hydrogen-bond acceptors (Lipinski definition) is 4. The molecule has 2 N–H and O–H groups in total. The van der Waals surface area contributed by atoms with Crippen LogP contribution in [0.1, 0.15) is 18.6 Å². The molecule has 1 aliphatic heterocycles. The molecule has 0 spiro atoms. The van der Waals surface area contributed by atoms with Crippen molar-refractivity contribution in [1.82, 2.24) is 10.3 Å². The third kappa shape index (κ3) is 2.46. The Morgan fingerprint density at radius 2 is 2.20 bits per heavy atom. The molecule has 4 nitrogen and oxygen atoms in total. The van der Waals surface area contributed by atoms with Crippen molar-refractivity contribution in [2.24, 2.45) is 0 Å². The third-order valence-corrected chi connectivity index (χ3v) is 2.69. The zero-order valence-corrected chi connectivity index (χ0v) is 8.98. The van der Waals surface area contributed by atoms with Crippen LogP contribution in [0.15, 0.2) is 18.3 Å². The minimum atomic E-state index is -0.422. The van der Waals surface area contributed by atoms with Gasteiger partial charge >= 0.3 is 0 Å². The van der Waals surface area contributed by atoms with Crippen LogP contribution in [0.2, 0.25) is 0 Å². The number of hydrogen-bond donors (Lipinski definition) is 2. The maximum atomic E-state index is 9.49. The lowest BCUT2D eigenvalue weighted by atomic mass is 10.1. The zero-order valence-electron chi connectivity index (χ0n) is 8.98. The Morgan fingerprint density at radius 1 is 1.47 bits per heavy atom. The van der Waals surface area contributed by atoms with Crippen LogP contribution in [0.5, 0.6) is 0 Å². The Kier molecular flexibility index (Phi) is 3.18. The molecule has 0 aliphatic carbocycles. The van der Waals surface area contributed by atoms with E-state index in [1.807, 2.05) is 12.1 Å². The first-order valence-electron chi connectivity index (χ1n) is 5.37. The standard InChI is InChI=1S/C11H17N3O/c1-9(15)10-2-3-13-11(8-10)14-6-4-12-5-7-14/h2-3,8-9,12,15H,4-7H2,1H3. The lowest BCUT2D eigenvalue weighted by Gasteiger charge is -2.28. The molecular weight excluding hydrogens is 190 g/mol. The quantitative estimate of drug-likeness (QED) is 0.743. The van der Waals surface area contributed by atoms with Gasteiger partial charge in [-0.05, 0) is 24.6 Å². The lowest BCUT2D eigenvalue weighted by Crippen LogP contribution is -2.43. The van der Waals surface area contributed by atoms with Crippen LogP contribution in [0.4, 0.5) is 5.82 Å². The number of pyridine rings is 1. The van der Waals surface area contributed by atoms with Crippen molar-refractivity contribution in [3.8, 4) is 0 Å². The molecule has 0 radical (unpaired) electrons. The highest BCUT2D eigenvalue weighted by Crippen LogP contribution is 2.17. The number of nitrogens with one attached hydrogen (secondary N) is 1. The van der Waals surface area contributed by atoms with Crippen molar-refractivity contribution in [2.45, 2.75) is 13.0 Å². The van der Waals surface area contributed by atoms with Crippen LogP contribution in [0.25, 0.3) is 0 Å². The summed E-state index contributed by atoms with van der Waals surface area (Å²) in [4.78, 5) is 6.57. The fraction of sp³-hybridized carbons (Fsp3) is 0.545. The molecule has 1 aromatic heterocycles. The summed E-state index contributed by atoms with van der Waals surface area (Å²) in [6.07, 6.45) is 1.34. The number of piperazine rings is 1. The van der Waals surface area contributed by atoms with Gasteiger partial charge in [-0.1, -0.05) is 0 Å². The molecule has 15 heavy (non-hydrogen) atoms. The Bertz CT molecular complexity index is 321. The average Bonchev–Trinajstić information content (AvgIpc) is 2.30. The predicted octanol–water partition coefficient (Wildman–Crippen LogP) is 0.544. The van der Waals surface area contributed by atoms with Crippen molar-refractivity contribution >= 4 is 5.82 Å². The molecular formula is C11H17N3O. The van der Waals surface area contributed by atoms with Crippen LogP contribution in [0.3, 0.4) is 0 Å². The molecule has 82 valence electrons. The second kappa shape index (κ2) is 4.59. The van der Waals surface area contributed by atoms with Crippen molar-refractivity contribution in [1.29, 1.82) is 0 Å². The maximum Gasteiger partial charge on any atom is 0.128 e. The Morgan fingerprint density at radius 3 is 2.87 bits per heavy atom. The van der Waals surface area contributed by atoms with Gasteiger partial charge in [0.1, 0.15) is 5.82 Å². The number of aliphatic hydroxyl groups is 1. The summed E-state index contributed by atoms with van der Waals surface area (Å²) in [7, 11) is 0. The molecule has 0 amide bonds. The first kappa shape index (κ1) is 10.4. The number of rotatable bonds is 2. The van der Waals surface area contributed by atoms with Gasteiger partial charge in [-0.25, -0.2) is 4.98 Å². The van der Waals surface area contributed by atoms with Crippen molar-refractivity contribution in [3.63, 3.8) is 0 Å². The van der Waals surface area contributed by atoms with Gasteiger partial charge < -0.3 is 15.3 Å². The monoisotopic (exact) mass is 207 g/mol. The van der Waals surface area contributed by atoms with E-state index in [2.05, 4.69) is 15.2 Å². The van der Waals surface area contributed by atoms with Crippen LogP contribution in [-0.4, -0.2) is 36.3 Å². The molecule has 1 fully saturated rings. The number of anilines is 1. The van der Waals surface area contributed by atoms with Crippen LogP contribution >= 0.6 is 0 Å². The molecule has 2 rings (SSSR count). The van der Waals surface area contributed by atoms with Crippen molar-refractivity contribution in [2.75, 3.05) is 31.1 Å². The van der Waals surface area contributed by atoms with Gasteiger partial charge in [-0.3, -0.25) is 0 Å². The summed E-state index contributed by atoms with van der Waals surface area (Å²) in [5.74, 6) is 0.968. The number of aromatic nitrogens is 1. The SMILES string of the molecule is CC(O)c1ccnc(N2CCNCC2)c1. The topological polar surface area (TPSA) is 48.4 Å². The average molecular weight is 207 g/mol. The highest BCUT2D eigenvalue weighted by atomic mass is 16.3. The number of nitrogens with zero attached hydrogens (tertiary/aromatic N) is 2. The van der Waals surface area contributed by atoms with Crippen LogP contribution in [0, 0.1) is 0 Å². The summed E-state index contributed by atoms with van der Waals surface area (Å²) in [6.45, 7) is 5.74. The van der Waals surface area contributed by atoms with E-state index in [0.29, 0.717) is 0 Å². The van der Waals surface area contributed by atoms with Gasteiger partial charge in [0, 0.05) is 32.4 Å². The molecule has 0 saturated carbocycles. The van der Waals surface area contributed by atoms with E-state index in [1.54, 1.807) is 13.1 Å². The van der Waals surface area contributed by atoms with Crippen LogP contribution < -0.4 is 10.2 Å². The minimum Gasteiger partial charge on any atom is -0.389 e. The van der Waals surface area contributed by atoms with Crippen molar-refractivity contribution in [3.05, 3.63) is 23.9 Å². The lowest BCUT2D eigenvalue weighted by molar-refractivity contribution is 0.199. The van der Waals surface area contributed by atoms with E-state index in [4.69, 9.17) is 0 Å². The third-order valence-electron chi connectivity index (χ3n) is 2.69. The molecule has 1 aromatic rings. The normalized spacial score (nSPS) is 18.9. The second-order valence-electron chi connectivity index (χ2n) is 3.86.